The molecule has 0 amide bonds. The van der Waals surface area contributed by atoms with Crippen molar-refractivity contribution in [2.45, 2.75) is 30.4 Å². The standard InChI is InChI=1S/C118H72N4OS2/c1-3-25-73(26-4-1)77-29-19-34-85(63-77)107-72-108(86-35-20-30-78(64-86)74-27-5-2-6-28-74)122-116(121-107)89-38-23-33-81(67-89)84-59-62-113-104(70-84)118(99-48-14-9-41-93(99)94-42-10-15-49-100(94)118)103-69-82(57-61-112(103)125-113)79-31-21-36-87(65-79)106-71-105(76-55-53-75(54-56-76)90-44-24-45-96-95-43-11-17-51-109(95)123-114(90)96)119-115(120-106)88-37-22-32-80(66-88)83-58-60-111-102(68-83)117(101-50-16-18-52-110(101)124-111)97-46-12-7-39-91(97)92-40-8-13-47-98(92)117/h1-72H. The van der Waals surface area contributed by atoms with Gasteiger partial charge in [-0.05, 0) is 219 Å². The number of fused-ring (bicyclic) bond motifs is 21. The van der Waals surface area contributed by atoms with Gasteiger partial charge in [0.1, 0.15) is 11.2 Å². The molecule has 0 fully saturated rings. The summed E-state index contributed by atoms with van der Waals surface area (Å²) in [4.78, 5) is 27.2. The lowest BCUT2D eigenvalue weighted by Gasteiger charge is -2.40. The molecule has 7 heteroatoms. The first-order chi connectivity index (χ1) is 61.9. The maximum atomic E-state index is 6.61. The van der Waals surface area contributed by atoms with E-state index in [9.17, 15) is 0 Å². The molecule has 2 aliphatic carbocycles. The summed E-state index contributed by atoms with van der Waals surface area (Å²) in [6.07, 6.45) is 0. The van der Waals surface area contributed by atoms with Crippen LogP contribution in [0.5, 0.6) is 0 Å². The van der Waals surface area contributed by atoms with Gasteiger partial charge in [0.25, 0.3) is 0 Å². The van der Waals surface area contributed by atoms with Gasteiger partial charge in [-0.25, -0.2) is 19.9 Å². The number of benzene rings is 18. The van der Waals surface area contributed by atoms with E-state index in [1.165, 1.54) is 86.3 Å². The Morgan fingerprint density at radius 2 is 0.464 bits per heavy atom. The lowest BCUT2D eigenvalue weighted by atomic mass is 9.66. The second kappa shape index (κ2) is 29.2. The van der Waals surface area contributed by atoms with Gasteiger partial charge in [-0.2, -0.15) is 0 Å². The monoisotopic (exact) mass is 1620 g/mol. The molecule has 0 saturated heterocycles. The van der Waals surface area contributed by atoms with Gasteiger partial charge in [-0.15, -0.1) is 0 Å². The van der Waals surface area contributed by atoms with Gasteiger partial charge >= 0.3 is 0 Å². The highest BCUT2D eigenvalue weighted by molar-refractivity contribution is 7.99. The fourth-order valence-corrected chi connectivity index (χ4v) is 22.7. The molecular weight excluding hydrogens is 1550 g/mol. The molecule has 21 aromatic rings. The first kappa shape index (κ1) is 72.4. The first-order valence-corrected chi connectivity index (χ1v) is 44.2. The van der Waals surface area contributed by atoms with Crippen LogP contribution in [0, 0.1) is 0 Å². The van der Waals surface area contributed by atoms with Crippen LogP contribution in [0.25, 0.3) is 179 Å². The molecule has 5 heterocycles. The molecule has 25 rings (SSSR count). The Balaban J connectivity index is 0.608. The van der Waals surface area contributed by atoms with Crippen LogP contribution in [0.15, 0.2) is 461 Å². The summed E-state index contributed by atoms with van der Waals surface area (Å²) in [5.74, 6) is 1.28. The minimum Gasteiger partial charge on any atom is -0.455 e. The molecule has 2 spiro atoms. The number of rotatable bonds is 12. The van der Waals surface area contributed by atoms with Crippen molar-refractivity contribution in [1.82, 2.24) is 19.9 Å². The quantitative estimate of drug-likeness (QED) is 0.121. The van der Waals surface area contributed by atoms with E-state index < -0.39 is 10.8 Å². The number of para-hydroxylation sites is 2. The lowest BCUT2D eigenvalue weighted by Crippen LogP contribution is -2.32. The molecule has 0 atom stereocenters. The van der Waals surface area contributed by atoms with E-state index in [-0.39, 0.29) is 0 Å². The maximum Gasteiger partial charge on any atom is 0.160 e. The third-order valence-corrected chi connectivity index (χ3v) is 28.4. The Labute approximate surface area is 732 Å². The molecule has 0 radical (unpaired) electrons. The Morgan fingerprint density at radius 3 is 0.912 bits per heavy atom. The lowest BCUT2D eigenvalue weighted by molar-refractivity contribution is 0.670. The Hall–Kier alpha value is -15.4. The van der Waals surface area contributed by atoms with E-state index in [2.05, 4.69) is 425 Å². The van der Waals surface area contributed by atoms with Crippen LogP contribution in [0.1, 0.15) is 44.5 Å². The summed E-state index contributed by atoms with van der Waals surface area (Å²) in [7, 11) is 0. The highest BCUT2D eigenvalue weighted by Crippen LogP contribution is 2.65. The van der Waals surface area contributed by atoms with Gasteiger partial charge in [0, 0.05) is 69.3 Å². The van der Waals surface area contributed by atoms with Gasteiger partial charge in [-0.3, -0.25) is 0 Å². The molecular formula is C118H72N4OS2. The Kier molecular flexibility index (Phi) is 16.9. The number of hydrogen-bond donors (Lipinski definition) is 0. The fourth-order valence-electron chi connectivity index (χ4n) is 20.3. The summed E-state index contributed by atoms with van der Waals surface area (Å²) < 4.78 is 6.61. The zero-order valence-corrected chi connectivity index (χ0v) is 69.2. The zero-order valence-electron chi connectivity index (χ0n) is 67.6. The first-order valence-electron chi connectivity index (χ1n) is 42.6. The minimum atomic E-state index is -0.698. The minimum absolute atomic E-state index is 0.514. The van der Waals surface area contributed by atoms with Crippen molar-refractivity contribution in [1.29, 1.82) is 0 Å². The molecule has 18 aromatic carbocycles. The van der Waals surface area contributed by atoms with Crippen LogP contribution in [0.4, 0.5) is 0 Å². The molecule has 582 valence electrons. The van der Waals surface area contributed by atoms with E-state index in [4.69, 9.17) is 24.4 Å². The summed E-state index contributed by atoms with van der Waals surface area (Å²) >= 11 is 3.73. The molecule has 125 heavy (non-hydrogen) atoms. The summed E-state index contributed by atoms with van der Waals surface area (Å²) in [5, 5.41) is 2.20. The van der Waals surface area contributed by atoms with Crippen molar-refractivity contribution in [3.8, 4) is 157 Å². The highest BCUT2D eigenvalue weighted by Gasteiger charge is 2.52. The van der Waals surface area contributed by atoms with Crippen molar-refractivity contribution in [2.75, 3.05) is 0 Å². The molecule has 0 bridgehead atoms. The van der Waals surface area contributed by atoms with Gasteiger partial charge in [0.15, 0.2) is 11.6 Å². The molecule has 5 nitrogen and oxygen atoms in total. The van der Waals surface area contributed by atoms with Crippen LogP contribution in [-0.4, -0.2) is 19.9 Å². The SMILES string of the molecule is c1ccc(-c2cccc(-c3cc(-c4cccc(-c5ccccc5)c4)nc(-c4cccc(-c5ccc6c(c5)C5(c7cc(-c8cccc(-c9cc(-c%10ccc(-c%11cccc%12c%11oc%11ccccc%11%12)cc%10)nc(-c%10cccc(-c%11ccc%12c(c%11)C%11(c%13ccccc%13S%12)c%12ccccc%12-c%12ccccc%12%11)c%10)n9)c8)ccc7S6)c6ccccc6-c6ccccc65)c4)n3)c2)cc1. The second-order valence-electron chi connectivity index (χ2n) is 32.9. The van der Waals surface area contributed by atoms with Gasteiger partial charge in [0.05, 0.1) is 33.6 Å². The van der Waals surface area contributed by atoms with E-state index >= 15 is 0 Å². The van der Waals surface area contributed by atoms with Gasteiger partial charge in [0.2, 0.25) is 0 Å². The van der Waals surface area contributed by atoms with Crippen molar-refractivity contribution >= 4 is 45.5 Å². The number of aromatic nitrogens is 4. The van der Waals surface area contributed by atoms with Crippen molar-refractivity contribution in [3.63, 3.8) is 0 Å². The normalized spacial score (nSPS) is 13.2. The largest absolute Gasteiger partial charge is 0.455 e. The van der Waals surface area contributed by atoms with E-state index in [0.717, 1.165) is 145 Å². The number of furan rings is 1. The third kappa shape index (κ3) is 11.8. The predicted molar refractivity (Wildman–Crippen MR) is 513 cm³/mol. The van der Waals surface area contributed by atoms with E-state index in [0.29, 0.717) is 11.6 Å². The molecule has 0 saturated carbocycles. The summed E-state index contributed by atoms with van der Waals surface area (Å²) in [5.41, 5.74) is 38.2. The van der Waals surface area contributed by atoms with Crippen LogP contribution in [0.3, 0.4) is 0 Å². The summed E-state index contributed by atoms with van der Waals surface area (Å²) in [6, 6.07) is 160. The average molecular weight is 1630 g/mol. The fraction of sp³-hybridized carbons (Fsp3) is 0.0169. The zero-order chi connectivity index (χ0) is 82.3. The maximum absolute atomic E-state index is 6.61. The van der Waals surface area contributed by atoms with Crippen molar-refractivity contribution < 1.29 is 4.42 Å². The topological polar surface area (TPSA) is 64.7 Å². The number of nitrogens with zero attached hydrogens (tertiary/aromatic N) is 4. The van der Waals surface area contributed by atoms with Gasteiger partial charge in [-0.1, -0.05) is 369 Å². The van der Waals surface area contributed by atoms with E-state index in [1.807, 2.05) is 35.7 Å². The Bertz CT molecular complexity index is 7810. The van der Waals surface area contributed by atoms with Gasteiger partial charge < -0.3 is 4.42 Å². The van der Waals surface area contributed by atoms with E-state index in [1.54, 1.807) is 0 Å². The third-order valence-electron chi connectivity index (χ3n) is 26.1. The molecule has 0 unspecified atom stereocenters. The summed E-state index contributed by atoms with van der Waals surface area (Å²) in [6.45, 7) is 0. The highest BCUT2D eigenvalue weighted by atomic mass is 32.2. The molecule has 2 aliphatic heterocycles. The van der Waals surface area contributed by atoms with Crippen molar-refractivity contribution in [3.05, 3.63) is 481 Å². The van der Waals surface area contributed by atoms with Crippen LogP contribution in [0.2, 0.25) is 0 Å². The predicted octanol–water partition coefficient (Wildman–Crippen LogP) is 30.8. The van der Waals surface area contributed by atoms with Crippen LogP contribution < -0.4 is 0 Å². The van der Waals surface area contributed by atoms with Crippen LogP contribution in [-0.2, 0) is 10.8 Å². The van der Waals surface area contributed by atoms with Crippen LogP contribution >= 0.6 is 23.5 Å². The van der Waals surface area contributed by atoms with Crippen molar-refractivity contribution in [2.24, 2.45) is 0 Å². The second-order valence-corrected chi connectivity index (χ2v) is 35.1. The average Bonchev–Trinajstić information content (AvgIpc) is 1.54. The molecule has 4 aliphatic rings. The Morgan fingerprint density at radius 1 is 0.176 bits per heavy atom. The molecule has 0 N–H and O–H groups in total. The smallest absolute Gasteiger partial charge is 0.160 e. The number of hydrogen-bond acceptors (Lipinski definition) is 7. The molecule has 3 aromatic heterocycles.